The predicted molar refractivity (Wildman–Crippen MR) is 292 cm³/mol. The molecule has 3 aliphatic heterocycles. The van der Waals surface area contributed by atoms with Crippen LogP contribution in [-0.4, -0.2) is 15.8 Å². The Bertz CT molecular complexity index is 4300. The predicted octanol–water partition coefficient (Wildman–Crippen LogP) is 14.6. The molecule has 7 heteroatoms. The van der Waals surface area contributed by atoms with Crippen LogP contribution < -0.4 is 26.2 Å². The van der Waals surface area contributed by atoms with Crippen molar-refractivity contribution >= 4 is 123 Å². The maximum Gasteiger partial charge on any atom is 0.252 e. The van der Waals surface area contributed by atoms with Crippen molar-refractivity contribution in [1.82, 2.24) is 9.13 Å². The molecule has 12 aromatic rings. The smallest absolute Gasteiger partial charge is 0.252 e. The average Bonchev–Trinajstić information content (AvgIpc) is 4.03. The standard InChI is InChI=1S/C63H46BN5O/c1-62(2,3)37-24-28-48-43(32-37)44-33-38(63(4,5)6)25-29-49(44)66(48)39-26-27-45-53(34-39)67(50-19-13-23-57-58(50)42-15-8-10-22-56(42)70-57)54-30-36(35-65)31-55-59(54)64(45)46-17-12-21-52-61(46)69(55)51-20-11-16-41-40-14-7-9-18-47(40)68(52)60(41)51/h7-34H,1-6H3. The third kappa shape index (κ3) is 5.07. The Morgan fingerprint density at radius 3 is 1.81 bits per heavy atom. The van der Waals surface area contributed by atoms with Crippen LogP contribution in [0.4, 0.5) is 34.1 Å². The van der Waals surface area contributed by atoms with Gasteiger partial charge in [0.05, 0.1) is 61.8 Å². The molecular weight excluding hydrogens is 854 g/mol. The molecule has 0 bridgehead atoms. The molecule has 0 spiro atoms. The van der Waals surface area contributed by atoms with Crippen LogP contribution in [0.15, 0.2) is 174 Å². The lowest BCUT2D eigenvalue weighted by Crippen LogP contribution is -2.61. The fourth-order valence-electron chi connectivity index (χ4n) is 12.5. The van der Waals surface area contributed by atoms with Crippen molar-refractivity contribution in [1.29, 1.82) is 5.26 Å². The van der Waals surface area contributed by atoms with Crippen molar-refractivity contribution in [2.75, 3.05) is 9.80 Å². The monoisotopic (exact) mass is 899 g/mol. The summed E-state index contributed by atoms with van der Waals surface area (Å²) in [6.45, 7) is 13.6. The van der Waals surface area contributed by atoms with Gasteiger partial charge in [0, 0.05) is 49.7 Å². The van der Waals surface area contributed by atoms with E-state index in [9.17, 15) is 5.26 Å². The summed E-state index contributed by atoms with van der Waals surface area (Å²) in [6.07, 6.45) is 0. The first kappa shape index (κ1) is 39.5. The van der Waals surface area contributed by atoms with Crippen LogP contribution in [0.3, 0.4) is 0 Å². The Balaban J connectivity index is 1.07. The number of hydrogen-bond donors (Lipinski definition) is 0. The minimum Gasteiger partial charge on any atom is -0.456 e. The number of fused-ring (bicyclic) bond motifs is 15. The first-order valence-corrected chi connectivity index (χ1v) is 24.4. The van der Waals surface area contributed by atoms with Gasteiger partial charge in [0.25, 0.3) is 6.71 Å². The molecule has 0 N–H and O–H groups in total. The molecule has 0 fully saturated rings. The molecule has 0 aliphatic carbocycles. The van der Waals surface area contributed by atoms with Gasteiger partial charge in [-0.1, -0.05) is 126 Å². The number of furan rings is 1. The molecule has 9 aromatic carbocycles. The molecule has 70 heavy (non-hydrogen) atoms. The second kappa shape index (κ2) is 13.4. The van der Waals surface area contributed by atoms with Gasteiger partial charge in [-0.15, -0.1) is 0 Å². The second-order valence-electron chi connectivity index (χ2n) is 21.7. The van der Waals surface area contributed by atoms with E-state index in [0.717, 1.165) is 67.4 Å². The zero-order valence-electron chi connectivity index (χ0n) is 39.9. The second-order valence-corrected chi connectivity index (χ2v) is 21.7. The van der Waals surface area contributed by atoms with E-state index in [1.165, 1.54) is 71.1 Å². The third-order valence-corrected chi connectivity index (χ3v) is 15.7. The summed E-state index contributed by atoms with van der Waals surface area (Å²) in [4.78, 5) is 4.90. The molecule has 0 atom stereocenters. The number of benzene rings is 9. The summed E-state index contributed by atoms with van der Waals surface area (Å²) in [5, 5.41) is 18.1. The summed E-state index contributed by atoms with van der Waals surface area (Å²) >= 11 is 0. The first-order chi connectivity index (χ1) is 34.0. The molecule has 0 saturated carbocycles. The first-order valence-electron chi connectivity index (χ1n) is 24.4. The highest BCUT2D eigenvalue weighted by atomic mass is 16.3. The Hall–Kier alpha value is -8.47. The van der Waals surface area contributed by atoms with E-state index in [0.29, 0.717) is 5.56 Å². The maximum absolute atomic E-state index is 11.1. The number of anilines is 6. The zero-order valence-corrected chi connectivity index (χ0v) is 39.9. The highest BCUT2D eigenvalue weighted by molar-refractivity contribution is 7.00. The highest BCUT2D eigenvalue weighted by Crippen LogP contribution is 2.53. The summed E-state index contributed by atoms with van der Waals surface area (Å²) in [6, 6.07) is 65.2. The van der Waals surface area contributed by atoms with E-state index in [1.54, 1.807) is 0 Å². The van der Waals surface area contributed by atoms with Gasteiger partial charge in [0.2, 0.25) is 0 Å². The molecule has 3 aliphatic rings. The number of hydrogen-bond acceptors (Lipinski definition) is 4. The van der Waals surface area contributed by atoms with Crippen molar-refractivity contribution in [2.45, 2.75) is 52.4 Å². The van der Waals surface area contributed by atoms with Gasteiger partial charge in [-0.25, -0.2) is 0 Å². The molecule has 3 aromatic heterocycles. The van der Waals surface area contributed by atoms with Crippen LogP contribution >= 0.6 is 0 Å². The number of rotatable bonds is 2. The van der Waals surface area contributed by atoms with Crippen molar-refractivity contribution in [2.24, 2.45) is 0 Å². The number of nitrogens with zero attached hydrogens (tertiary/aromatic N) is 5. The van der Waals surface area contributed by atoms with Crippen molar-refractivity contribution < 1.29 is 4.42 Å². The SMILES string of the molecule is CC(C)(C)c1ccc2c(c1)c1cc(C(C)(C)C)ccc1n2-c1ccc2c(c1)N(c1cccc3oc4ccccc4c13)c1cc(C#N)cc3c1B2c1cccc2c1N3c1cccc3c4ccccc4n-2c13. The van der Waals surface area contributed by atoms with Gasteiger partial charge in [-0.3, -0.25) is 0 Å². The fourth-order valence-corrected chi connectivity index (χ4v) is 12.5. The maximum atomic E-state index is 11.1. The van der Waals surface area contributed by atoms with Gasteiger partial charge in [0.1, 0.15) is 11.2 Å². The molecule has 6 heterocycles. The van der Waals surface area contributed by atoms with E-state index in [2.05, 4.69) is 230 Å². The lowest BCUT2D eigenvalue weighted by atomic mass is 9.33. The van der Waals surface area contributed by atoms with Crippen molar-refractivity contribution in [3.05, 3.63) is 187 Å². The van der Waals surface area contributed by atoms with Crippen LogP contribution in [0.5, 0.6) is 0 Å². The number of para-hydroxylation sites is 4. The molecule has 0 unspecified atom stereocenters. The molecule has 0 radical (unpaired) electrons. The number of aromatic nitrogens is 2. The summed E-state index contributed by atoms with van der Waals surface area (Å²) in [5.74, 6) is 0. The van der Waals surface area contributed by atoms with E-state index in [-0.39, 0.29) is 17.5 Å². The van der Waals surface area contributed by atoms with E-state index in [4.69, 9.17) is 4.42 Å². The van der Waals surface area contributed by atoms with Gasteiger partial charge in [-0.05, 0) is 123 Å². The molecule has 0 saturated heterocycles. The average molecular weight is 900 g/mol. The third-order valence-electron chi connectivity index (χ3n) is 15.7. The van der Waals surface area contributed by atoms with E-state index >= 15 is 0 Å². The lowest BCUT2D eigenvalue weighted by Gasteiger charge is -2.46. The minimum atomic E-state index is -0.144. The highest BCUT2D eigenvalue weighted by Gasteiger charge is 2.46. The summed E-state index contributed by atoms with van der Waals surface area (Å²) < 4.78 is 11.6. The Labute approximate surface area is 405 Å². The van der Waals surface area contributed by atoms with Crippen LogP contribution in [0.2, 0.25) is 0 Å². The fraction of sp³-hybridized carbons (Fsp3) is 0.127. The topological polar surface area (TPSA) is 53.3 Å². The van der Waals surface area contributed by atoms with Crippen molar-refractivity contribution in [3.8, 4) is 17.4 Å². The lowest BCUT2D eigenvalue weighted by molar-refractivity contribution is 0.590. The summed E-state index contributed by atoms with van der Waals surface area (Å²) in [5.41, 5.74) is 21.7. The Morgan fingerprint density at radius 1 is 0.457 bits per heavy atom. The van der Waals surface area contributed by atoms with Gasteiger partial charge < -0.3 is 23.4 Å². The largest absolute Gasteiger partial charge is 0.456 e. The Kier molecular flexibility index (Phi) is 7.57. The zero-order chi connectivity index (χ0) is 47.1. The van der Waals surface area contributed by atoms with E-state index in [1.807, 2.05) is 6.07 Å². The normalized spacial score (nSPS) is 13.8. The quantitative estimate of drug-likeness (QED) is 0.162. The van der Waals surface area contributed by atoms with Crippen LogP contribution in [-0.2, 0) is 10.8 Å². The van der Waals surface area contributed by atoms with Crippen molar-refractivity contribution in [3.63, 3.8) is 0 Å². The molecule has 6 nitrogen and oxygen atoms in total. The molecule has 332 valence electrons. The van der Waals surface area contributed by atoms with Gasteiger partial charge in [0.15, 0.2) is 0 Å². The molecule has 15 rings (SSSR count). The van der Waals surface area contributed by atoms with Crippen LogP contribution in [0.1, 0.15) is 58.2 Å². The molecular formula is C63H46BN5O. The van der Waals surface area contributed by atoms with Crippen LogP contribution in [0.25, 0.3) is 76.9 Å². The number of nitriles is 1. The summed E-state index contributed by atoms with van der Waals surface area (Å²) in [7, 11) is 0. The van der Waals surface area contributed by atoms with Crippen LogP contribution in [0, 0.1) is 11.3 Å². The molecule has 0 amide bonds. The van der Waals surface area contributed by atoms with Gasteiger partial charge >= 0.3 is 0 Å². The van der Waals surface area contributed by atoms with E-state index < -0.39 is 0 Å². The Morgan fingerprint density at radius 2 is 1.07 bits per heavy atom. The minimum absolute atomic E-state index is 0.0158. The van der Waals surface area contributed by atoms with Gasteiger partial charge in [-0.2, -0.15) is 5.26 Å².